The van der Waals surface area contributed by atoms with Gasteiger partial charge >= 0.3 is 0 Å². The Labute approximate surface area is 319 Å². The first-order valence-corrected chi connectivity index (χ1v) is 18.5. The molecule has 0 radical (unpaired) electrons. The van der Waals surface area contributed by atoms with Crippen LogP contribution in [0.4, 0.5) is 34.1 Å². The SMILES string of the molecule is Cc1cccc(N(c2ccc(-c3ccc(/C=C/c4ccc(-c5ccc(N(c6ccccc6)c6ccccc6)cc5)cc4)cc3)cc2)c2cccc(C)c2)c1. The van der Waals surface area contributed by atoms with Crippen LogP contribution in [0.25, 0.3) is 34.4 Å². The first-order chi connectivity index (χ1) is 26.6. The van der Waals surface area contributed by atoms with Crippen LogP contribution in [0.5, 0.6) is 0 Å². The Hall–Kier alpha value is -6.90. The molecule has 0 fully saturated rings. The van der Waals surface area contributed by atoms with E-state index >= 15 is 0 Å². The van der Waals surface area contributed by atoms with Crippen molar-refractivity contribution in [2.24, 2.45) is 0 Å². The summed E-state index contributed by atoms with van der Waals surface area (Å²) in [6, 6.07) is 73.6. The number of benzene rings is 8. The lowest BCUT2D eigenvalue weighted by Gasteiger charge is -2.26. The van der Waals surface area contributed by atoms with Gasteiger partial charge in [0.25, 0.3) is 0 Å². The maximum Gasteiger partial charge on any atom is 0.0464 e. The van der Waals surface area contributed by atoms with Gasteiger partial charge in [-0.05, 0) is 131 Å². The number of aryl methyl sites for hydroxylation is 2. The van der Waals surface area contributed by atoms with Gasteiger partial charge in [0.2, 0.25) is 0 Å². The molecule has 0 amide bonds. The van der Waals surface area contributed by atoms with Crippen LogP contribution >= 0.6 is 0 Å². The molecule has 260 valence electrons. The Bertz CT molecular complexity index is 2380. The molecule has 54 heavy (non-hydrogen) atoms. The third kappa shape index (κ3) is 7.79. The first-order valence-electron chi connectivity index (χ1n) is 18.5. The van der Waals surface area contributed by atoms with Gasteiger partial charge in [0.1, 0.15) is 0 Å². The molecule has 0 heterocycles. The number of para-hydroxylation sites is 2. The topological polar surface area (TPSA) is 6.48 Å². The van der Waals surface area contributed by atoms with Crippen LogP contribution in [0.3, 0.4) is 0 Å². The molecule has 0 atom stereocenters. The van der Waals surface area contributed by atoms with E-state index in [9.17, 15) is 0 Å². The van der Waals surface area contributed by atoms with E-state index in [0.29, 0.717) is 0 Å². The van der Waals surface area contributed by atoms with Crippen molar-refractivity contribution in [2.45, 2.75) is 13.8 Å². The molecule has 2 nitrogen and oxygen atoms in total. The molecule has 0 saturated heterocycles. The highest BCUT2D eigenvalue weighted by Crippen LogP contribution is 2.37. The summed E-state index contributed by atoms with van der Waals surface area (Å²) in [7, 11) is 0. The third-order valence-corrected chi connectivity index (χ3v) is 9.76. The van der Waals surface area contributed by atoms with Crippen LogP contribution in [0.1, 0.15) is 22.3 Å². The van der Waals surface area contributed by atoms with Crippen molar-refractivity contribution in [3.63, 3.8) is 0 Å². The van der Waals surface area contributed by atoms with E-state index in [1.165, 1.54) is 44.5 Å². The van der Waals surface area contributed by atoms with Crippen LogP contribution in [0, 0.1) is 13.8 Å². The van der Waals surface area contributed by atoms with E-state index in [1.807, 2.05) is 0 Å². The quantitative estimate of drug-likeness (QED) is 0.132. The Morgan fingerprint density at radius 2 is 0.574 bits per heavy atom. The summed E-state index contributed by atoms with van der Waals surface area (Å²) >= 11 is 0. The fraction of sp³-hybridized carbons (Fsp3) is 0.0385. The van der Waals surface area contributed by atoms with Crippen LogP contribution in [-0.2, 0) is 0 Å². The van der Waals surface area contributed by atoms with Gasteiger partial charge in [-0.2, -0.15) is 0 Å². The predicted octanol–water partition coefficient (Wildman–Crippen LogP) is 14.7. The summed E-state index contributed by atoms with van der Waals surface area (Å²) in [5.74, 6) is 0. The first kappa shape index (κ1) is 34.2. The summed E-state index contributed by atoms with van der Waals surface area (Å²) in [6.07, 6.45) is 4.36. The molecule has 8 aromatic rings. The average Bonchev–Trinajstić information content (AvgIpc) is 3.22. The van der Waals surface area contributed by atoms with Crippen LogP contribution in [0.2, 0.25) is 0 Å². The third-order valence-electron chi connectivity index (χ3n) is 9.76. The molecule has 0 spiro atoms. The largest absolute Gasteiger partial charge is 0.311 e. The molecular formula is C52H42N2. The Morgan fingerprint density at radius 1 is 0.278 bits per heavy atom. The summed E-state index contributed by atoms with van der Waals surface area (Å²) in [4.78, 5) is 4.61. The van der Waals surface area contributed by atoms with Crippen molar-refractivity contribution in [3.05, 3.63) is 229 Å². The number of hydrogen-bond donors (Lipinski definition) is 0. The predicted molar refractivity (Wildman–Crippen MR) is 232 cm³/mol. The highest BCUT2D eigenvalue weighted by Gasteiger charge is 2.14. The normalized spacial score (nSPS) is 11.1. The van der Waals surface area contributed by atoms with Gasteiger partial charge in [0.05, 0.1) is 0 Å². The molecular weight excluding hydrogens is 653 g/mol. The van der Waals surface area contributed by atoms with Gasteiger partial charge in [0, 0.05) is 34.1 Å². The van der Waals surface area contributed by atoms with Gasteiger partial charge in [-0.1, -0.05) is 146 Å². The molecule has 0 bridgehead atoms. The lowest BCUT2D eigenvalue weighted by Crippen LogP contribution is -2.10. The molecule has 0 aliphatic rings. The lowest BCUT2D eigenvalue weighted by atomic mass is 10.0. The van der Waals surface area contributed by atoms with Gasteiger partial charge < -0.3 is 9.80 Å². The molecule has 0 N–H and O–H groups in total. The molecule has 8 aromatic carbocycles. The van der Waals surface area contributed by atoms with Crippen molar-refractivity contribution in [1.29, 1.82) is 0 Å². The minimum Gasteiger partial charge on any atom is -0.311 e. The van der Waals surface area contributed by atoms with Crippen LogP contribution < -0.4 is 9.80 Å². The zero-order valence-electron chi connectivity index (χ0n) is 30.7. The number of hydrogen-bond acceptors (Lipinski definition) is 2. The Morgan fingerprint density at radius 3 is 0.926 bits per heavy atom. The van der Waals surface area contributed by atoms with E-state index in [2.05, 4.69) is 242 Å². The molecule has 0 unspecified atom stereocenters. The maximum absolute atomic E-state index is 2.33. The zero-order chi connectivity index (χ0) is 36.7. The molecule has 2 heteroatoms. The summed E-state index contributed by atoms with van der Waals surface area (Å²) < 4.78 is 0. The Kier molecular flexibility index (Phi) is 9.99. The van der Waals surface area contributed by atoms with Gasteiger partial charge in [-0.3, -0.25) is 0 Å². The molecule has 0 saturated carbocycles. The molecule has 8 rings (SSSR count). The second-order valence-corrected chi connectivity index (χ2v) is 13.7. The lowest BCUT2D eigenvalue weighted by molar-refractivity contribution is 1.26. The van der Waals surface area contributed by atoms with E-state index < -0.39 is 0 Å². The number of rotatable bonds is 10. The van der Waals surface area contributed by atoms with E-state index in [1.54, 1.807) is 0 Å². The van der Waals surface area contributed by atoms with Crippen molar-refractivity contribution < 1.29 is 0 Å². The van der Waals surface area contributed by atoms with Gasteiger partial charge in [-0.25, -0.2) is 0 Å². The number of anilines is 6. The Balaban J connectivity index is 0.945. The second kappa shape index (κ2) is 15.8. The molecule has 0 aromatic heterocycles. The van der Waals surface area contributed by atoms with Gasteiger partial charge in [-0.15, -0.1) is 0 Å². The minimum absolute atomic E-state index is 1.13. The van der Waals surface area contributed by atoms with Crippen molar-refractivity contribution in [1.82, 2.24) is 0 Å². The van der Waals surface area contributed by atoms with Crippen molar-refractivity contribution >= 4 is 46.3 Å². The molecule has 0 aliphatic carbocycles. The highest BCUT2D eigenvalue weighted by molar-refractivity contribution is 5.81. The van der Waals surface area contributed by atoms with Crippen molar-refractivity contribution in [2.75, 3.05) is 9.80 Å². The minimum atomic E-state index is 1.13. The van der Waals surface area contributed by atoms with E-state index in [4.69, 9.17) is 0 Å². The number of nitrogens with zero attached hydrogens (tertiary/aromatic N) is 2. The van der Waals surface area contributed by atoms with Crippen LogP contribution in [0.15, 0.2) is 206 Å². The standard InChI is InChI=1S/C52H42N2/c1-39-11-9-17-51(37-39)54(52-18-10-12-40(2)38-52)50-35-31-46(32-36-50)44-27-23-42(24-28-44)20-19-41-21-25-43(26-22-41)45-29-33-49(34-30-45)53(47-13-5-3-6-14-47)48-15-7-4-8-16-48/h3-38H,1-2H3/b20-19+. The summed E-state index contributed by atoms with van der Waals surface area (Å²) in [5, 5.41) is 0. The average molecular weight is 695 g/mol. The van der Waals surface area contributed by atoms with Crippen LogP contribution in [-0.4, -0.2) is 0 Å². The smallest absolute Gasteiger partial charge is 0.0464 e. The van der Waals surface area contributed by atoms with E-state index in [-0.39, 0.29) is 0 Å². The fourth-order valence-corrected chi connectivity index (χ4v) is 6.95. The summed E-state index contributed by atoms with van der Waals surface area (Å²) in [5.41, 5.74) is 16.4. The summed E-state index contributed by atoms with van der Waals surface area (Å²) in [6.45, 7) is 4.28. The fourth-order valence-electron chi connectivity index (χ4n) is 6.95. The highest BCUT2D eigenvalue weighted by atomic mass is 15.1. The monoisotopic (exact) mass is 694 g/mol. The molecule has 0 aliphatic heterocycles. The second-order valence-electron chi connectivity index (χ2n) is 13.7. The van der Waals surface area contributed by atoms with E-state index in [0.717, 1.165) is 34.1 Å². The maximum atomic E-state index is 2.33. The zero-order valence-corrected chi connectivity index (χ0v) is 30.7. The van der Waals surface area contributed by atoms with Gasteiger partial charge in [0.15, 0.2) is 0 Å². The van der Waals surface area contributed by atoms with Crippen molar-refractivity contribution in [3.8, 4) is 22.3 Å².